The average molecular weight is 247 g/mol. The van der Waals surface area contributed by atoms with Gasteiger partial charge in [0.05, 0.1) is 12.2 Å². The Morgan fingerprint density at radius 3 is 2.39 bits per heavy atom. The number of rotatable bonds is 3. The smallest absolute Gasteiger partial charge is 0.0926 e. The second-order valence-corrected chi connectivity index (χ2v) is 5.71. The first-order valence-electron chi connectivity index (χ1n) is 6.76. The summed E-state index contributed by atoms with van der Waals surface area (Å²) in [6.45, 7) is 0.630. The molecule has 3 heteroatoms. The van der Waals surface area contributed by atoms with E-state index in [9.17, 15) is 5.11 Å². The Morgan fingerprint density at radius 1 is 1.22 bits per heavy atom. The summed E-state index contributed by atoms with van der Waals surface area (Å²) in [5.41, 5.74) is 1.57. The Balaban J connectivity index is 1.80. The van der Waals surface area contributed by atoms with Crippen LogP contribution in [-0.2, 0) is 16.9 Å². The van der Waals surface area contributed by atoms with Crippen LogP contribution in [0.1, 0.15) is 36.8 Å². The van der Waals surface area contributed by atoms with Crippen molar-refractivity contribution < 1.29 is 9.84 Å². The number of nitrogens with one attached hydrogen (secondary N) is 1. The van der Waals surface area contributed by atoms with E-state index in [-0.39, 0.29) is 0 Å². The van der Waals surface area contributed by atoms with Crippen LogP contribution in [0.25, 0.3) is 0 Å². The molecule has 3 nitrogen and oxygen atoms in total. The highest BCUT2D eigenvalue weighted by molar-refractivity contribution is 5.28. The largest absolute Gasteiger partial charge is 0.385 e. The lowest BCUT2D eigenvalue weighted by atomic mass is 9.81. The first-order valence-corrected chi connectivity index (χ1v) is 6.76. The second-order valence-electron chi connectivity index (χ2n) is 5.71. The molecule has 2 N–H and O–H groups in total. The summed E-state index contributed by atoms with van der Waals surface area (Å²) >= 11 is 0. The molecule has 0 saturated carbocycles. The van der Waals surface area contributed by atoms with E-state index in [1.54, 1.807) is 7.11 Å². The molecule has 0 radical (unpaired) electrons. The second kappa shape index (κ2) is 4.65. The molecule has 2 unspecified atom stereocenters. The lowest BCUT2D eigenvalue weighted by Crippen LogP contribution is -2.46. The van der Waals surface area contributed by atoms with Crippen LogP contribution < -0.4 is 5.32 Å². The van der Waals surface area contributed by atoms with Gasteiger partial charge in [-0.3, -0.25) is 0 Å². The molecule has 2 aliphatic heterocycles. The highest BCUT2D eigenvalue weighted by atomic mass is 16.5. The number of ether oxygens (including phenoxy) is 1. The predicted molar refractivity (Wildman–Crippen MR) is 70.2 cm³/mol. The van der Waals surface area contributed by atoms with Crippen molar-refractivity contribution in [3.63, 3.8) is 0 Å². The Hall–Kier alpha value is -0.900. The van der Waals surface area contributed by atoms with Crippen LogP contribution in [0.2, 0.25) is 0 Å². The molecule has 1 aromatic rings. The molecule has 2 atom stereocenters. The summed E-state index contributed by atoms with van der Waals surface area (Å²) < 4.78 is 5.11. The maximum atomic E-state index is 10.9. The molecule has 3 rings (SSSR count). The van der Waals surface area contributed by atoms with Gasteiger partial charge in [-0.15, -0.1) is 0 Å². The van der Waals surface area contributed by atoms with E-state index in [4.69, 9.17) is 4.74 Å². The Bertz CT molecular complexity index is 403. The summed E-state index contributed by atoms with van der Waals surface area (Å²) in [5.74, 6) is 0. The molecule has 2 bridgehead atoms. The van der Waals surface area contributed by atoms with Gasteiger partial charge in [-0.05, 0) is 36.8 Å². The monoisotopic (exact) mass is 247 g/mol. The minimum absolute atomic E-state index is 0.493. The molecular formula is C15H21NO2. The van der Waals surface area contributed by atoms with Gasteiger partial charge in [-0.2, -0.15) is 0 Å². The highest BCUT2D eigenvalue weighted by Crippen LogP contribution is 2.40. The van der Waals surface area contributed by atoms with Crippen LogP contribution in [0.3, 0.4) is 0 Å². The third-order valence-electron chi connectivity index (χ3n) is 4.31. The lowest BCUT2D eigenvalue weighted by molar-refractivity contribution is -0.0115. The fourth-order valence-electron chi connectivity index (χ4n) is 3.44. The number of fused-ring (bicyclic) bond motifs is 2. The van der Waals surface area contributed by atoms with Gasteiger partial charge in [-0.1, -0.05) is 24.3 Å². The molecule has 0 aliphatic carbocycles. The topological polar surface area (TPSA) is 41.5 Å². The van der Waals surface area contributed by atoms with Gasteiger partial charge in [-0.25, -0.2) is 0 Å². The zero-order valence-electron chi connectivity index (χ0n) is 10.9. The Kier molecular flexibility index (Phi) is 3.14. The normalized spacial score (nSPS) is 34.8. The maximum absolute atomic E-state index is 10.9. The van der Waals surface area contributed by atoms with Crippen molar-refractivity contribution in [3.8, 4) is 0 Å². The fourth-order valence-corrected chi connectivity index (χ4v) is 3.44. The van der Waals surface area contributed by atoms with Crippen LogP contribution in [0.15, 0.2) is 24.3 Å². The van der Waals surface area contributed by atoms with Crippen molar-refractivity contribution in [1.29, 1.82) is 0 Å². The van der Waals surface area contributed by atoms with Crippen LogP contribution in [0.5, 0.6) is 0 Å². The van der Waals surface area contributed by atoms with E-state index in [1.165, 1.54) is 12.8 Å². The quantitative estimate of drug-likeness (QED) is 0.857. The molecule has 2 fully saturated rings. The van der Waals surface area contributed by atoms with Gasteiger partial charge in [0.25, 0.3) is 0 Å². The zero-order valence-corrected chi connectivity index (χ0v) is 10.9. The molecule has 18 heavy (non-hydrogen) atoms. The molecule has 1 aromatic carbocycles. The minimum atomic E-state index is -0.636. The van der Waals surface area contributed by atoms with Crippen molar-refractivity contribution in [2.24, 2.45) is 0 Å². The predicted octanol–water partition coefficient (Wildman–Crippen LogP) is 1.94. The van der Waals surface area contributed by atoms with Crippen molar-refractivity contribution >= 4 is 0 Å². The van der Waals surface area contributed by atoms with E-state index in [1.807, 2.05) is 0 Å². The number of hydrogen-bond donors (Lipinski definition) is 2. The average Bonchev–Trinajstić information content (AvgIpc) is 2.70. The van der Waals surface area contributed by atoms with Crippen molar-refractivity contribution in [2.75, 3.05) is 7.11 Å². The number of methoxy groups -OCH3 is 1. The van der Waals surface area contributed by atoms with Gasteiger partial charge in [0, 0.05) is 19.2 Å². The first kappa shape index (κ1) is 12.2. The fraction of sp³-hybridized carbons (Fsp3) is 0.600. The van der Waals surface area contributed by atoms with Gasteiger partial charge in [0.2, 0.25) is 0 Å². The summed E-state index contributed by atoms with van der Waals surface area (Å²) in [6.07, 6.45) is 4.09. The lowest BCUT2D eigenvalue weighted by Gasteiger charge is -2.37. The van der Waals surface area contributed by atoms with Crippen molar-refractivity contribution in [1.82, 2.24) is 5.32 Å². The van der Waals surface area contributed by atoms with Crippen LogP contribution in [0.4, 0.5) is 0 Å². The summed E-state index contributed by atoms with van der Waals surface area (Å²) in [5, 5.41) is 14.4. The highest BCUT2D eigenvalue weighted by Gasteiger charge is 2.43. The van der Waals surface area contributed by atoms with Gasteiger partial charge in [0.15, 0.2) is 0 Å². The van der Waals surface area contributed by atoms with E-state index < -0.39 is 5.60 Å². The molecule has 0 aromatic heterocycles. The van der Waals surface area contributed by atoms with Crippen LogP contribution in [-0.4, -0.2) is 24.3 Å². The molecular weight excluding hydrogens is 226 g/mol. The summed E-state index contributed by atoms with van der Waals surface area (Å²) in [4.78, 5) is 0. The number of aliphatic hydroxyl groups is 1. The molecule has 2 aliphatic rings. The van der Waals surface area contributed by atoms with Crippen molar-refractivity contribution in [3.05, 3.63) is 35.4 Å². The van der Waals surface area contributed by atoms with E-state index in [0.717, 1.165) is 24.0 Å². The molecule has 0 amide bonds. The van der Waals surface area contributed by atoms with Gasteiger partial charge < -0.3 is 15.2 Å². The van der Waals surface area contributed by atoms with Gasteiger partial charge >= 0.3 is 0 Å². The van der Waals surface area contributed by atoms with E-state index in [0.29, 0.717) is 18.7 Å². The van der Waals surface area contributed by atoms with Crippen LogP contribution in [0, 0.1) is 0 Å². The van der Waals surface area contributed by atoms with Gasteiger partial charge in [0.1, 0.15) is 0 Å². The van der Waals surface area contributed by atoms with E-state index >= 15 is 0 Å². The molecule has 2 saturated heterocycles. The third kappa shape index (κ3) is 2.18. The summed E-state index contributed by atoms with van der Waals surface area (Å²) in [6, 6.07) is 9.21. The minimum Gasteiger partial charge on any atom is -0.385 e. The number of piperidine rings is 1. The maximum Gasteiger partial charge on any atom is 0.0926 e. The van der Waals surface area contributed by atoms with E-state index in [2.05, 4.69) is 29.6 Å². The Morgan fingerprint density at radius 2 is 1.83 bits per heavy atom. The first-order chi connectivity index (χ1) is 8.69. The third-order valence-corrected chi connectivity index (χ3v) is 4.31. The molecule has 98 valence electrons. The van der Waals surface area contributed by atoms with Crippen molar-refractivity contribution in [2.45, 2.75) is 50.0 Å². The summed E-state index contributed by atoms with van der Waals surface area (Å²) in [7, 11) is 1.70. The molecule has 2 heterocycles. The number of hydrogen-bond acceptors (Lipinski definition) is 3. The Labute approximate surface area is 108 Å². The molecule has 0 spiro atoms. The SMILES string of the molecule is COCc1ccc(C2(O)CC3CCC(C2)N3)cc1. The van der Waals surface area contributed by atoms with Crippen LogP contribution >= 0.6 is 0 Å². The standard InChI is InChI=1S/C15H21NO2/c1-18-10-11-2-4-12(5-3-11)15(17)8-13-6-7-14(9-15)16-13/h2-5,13-14,16-17H,6-10H2,1H3. The zero-order chi connectivity index (χ0) is 12.6. The number of benzene rings is 1.